The number of anilines is 1. The second kappa shape index (κ2) is 10.5. The van der Waals surface area contributed by atoms with Crippen LogP contribution in [0.2, 0.25) is 0 Å². The number of ether oxygens (including phenoxy) is 3. The van der Waals surface area contributed by atoms with E-state index in [2.05, 4.69) is 15.9 Å². The van der Waals surface area contributed by atoms with Crippen molar-refractivity contribution in [1.82, 2.24) is 0 Å². The average molecular weight is 552 g/mol. The Balaban J connectivity index is 1.89. The molecule has 1 amide bonds. The van der Waals surface area contributed by atoms with Crippen molar-refractivity contribution >= 4 is 39.1 Å². The van der Waals surface area contributed by atoms with Crippen molar-refractivity contribution in [2.45, 2.75) is 26.0 Å². The third kappa shape index (κ3) is 4.81. The summed E-state index contributed by atoms with van der Waals surface area (Å²) in [5.74, 6) is -0.0339. The summed E-state index contributed by atoms with van der Waals surface area (Å²) >= 11 is 3.41. The van der Waals surface area contributed by atoms with Gasteiger partial charge in [-0.2, -0.15) is 0 Å². The van der Waals surface area contributed by atoms with E-state index in [1.165, 1.54) is 12.0 Å². The highest BCUT2D eigenvalue weighted by molar-refractivity contribution is 9.10. The van der Waals surface area contributed by atoms with Crippen LogP contribution in [0.3, 0.4) is 0 Å². The predicted molar refractivity (Wildman–Crippen MR) is 141 cm³/mol. The second-order valence-corrected chi connectivity index (χ2v) is 9.31. The molecular weight excluding hydrogens is 526 g/mol. The summed E-state index contributed by atoms with van der Waals surface area (Å²) in [7, 11) is 3.07. The summed E-state index contributed by atoms with van der Waals surface area (Å²) in [6.45, 7) is 3.85. The first kappa shape index (κ1) is 25.3. The van der Waals surface area contributed by atoms with Crippen LogP contribution >= 0.6 is 15.9 Å². The Hall–Kier alpha value is -3.78. The number of benzene rings is 3. The fourth-order valence-electron chi connectivity index (χ4n) is 4.15. The van der Waals surface area contributed by atoms with Crippen LogP contribution in [0.15, 0.2) is 76.8 Å². The van der Waals surface area contributed by atoms with Crippen LogP contribution in [0.25, 0.3) is 5.76 Å². The average Bonchev–Trinajstić information content (AvgIpc) is 3.14. The first-order chi connectivity index (χ1) is 17.2. The second-order valence-electron chi connectivity index (χ2n) is 8.46. The number of hydrogen-bond acceptors (Lipinski definition) is 6. The van der Waals surface area contributed by atoms with Gasteiger partial charge in [0, 0.05) is 11.3 Å². The number of nitrogens with zero attached hydrogens (tertiary/aromatic N) is 1. The van der Waals surface area contributed by atoms with Crippen LogP contribution in [0, 0.1) is 0 Å². The van der Waals surface area contributed by atoms with Crippen LogP contribution in [0.5, 0.6) is 17.2 Å². The number of methoxy groups -OCH3 is 2. The van der Waals surface area contributed by atoms with Gasteiger partial charge in [-0.15, -0.1) is 0 Å². The zero-order valence-electron chi connectivity index (χ0n) is 20.3. The highest BCUT2D eigenvalue weighted by atomic mass is 79.9. The van der Waals surface area contributed by atoms with Gasteiger partial charge in [0.2, 0.25) is 0 Å². The van der Waals surface area contributed by atoms with E-state index < -0.39 is 17.7 Å². The Bertz CT molecular complexity index is 1330. The Morgan fingerprint density at radius 2 is 1.67 bits per heavy atom. The Kier molecular flexibility index (Phi) is 7.35. The Labute approximate surface area is 218 Å². The standard InChI is InChI=1S/C28H26BrNO6/c1-16(2)36-20-11-9-19(10-12-20)30-25(17-6-5-7-21(14-17)34-3)24(27(32)28(30)33)26(31)18-8-13-23(35-4)22(29)15-18/h5-16,25,31H,1-4H3/b26-24-. The molecule has 1 N–H and O–H groups in total. The molecule has 4 rings (SSSR count). The maximum atomic E-state index is 13.4. The lowest BCUT2D eigenvalue weighted by Gasteiger charge is -2.26. The molecule has 186 valence electrons. The predicted octanol–water partition coefficient (Wildman–Crippen LogP) is 5.88. The molecule has 7 nitrogen and oxygen atoms in total. The maximum absolute atomic E-state index is 13.4. The molecule has 3 aromatic carbocycles. The highest BCUT2D eigenvalue weighted by Crippen LogP contribution is 2.43. The molecule has 1 heterocycles. The van der Waals surface area contributed by atoms with Gasteiger partial charge < -0.3 is 19.3 Å². The minimum absolute atomic E-state index is 0.00863. The summed E-state index contributed by atoms with van der Waals surface area (Å²) in [6, 6.07) is 18.1. The first-order valence-corrected chi connectivity index (χ1v) is 12.1. The van der Waals surface area contributed by atoms with E-state index in [4.69, 9.17) is 14.2 Å². The lowest BCUT2D eigenvalue weighted by molar-refractivity contribution is -0.132. The summed E-state index contributed by atoms with van der Waals surface area (Å²) in [4.78, 5) is 28.1. The van der Waals surface area contributed by atoms with Gasteiger partial charge in [0.1, 0.15) is 23.0 Å². The zero-order valence-corrected chi connectivity index (χ0v) is 21.9. The van der Waals surface area contributed by atoms with Crippen molar-refractivity contribution < 1.29 is 28.9 Å². The van der Waals surface area contributed by atoms with E-state index in [0.717, 1.165) is 0 Å². The van der Waals surface area contributed by atoms with Gasteiger partial charge in [-0.05, 0) is 89.9 Å². The van der Waals surface area contributed by atoms with Crippen molar-refractivity contribution in [2.24, 2.45) is 0 Å². The molecule has 3 aromatic rings. The SMILES string of the molecule is COc1cccc(C2/C(=C(/O)c3ccc(OC)c(Br)c3)C(=O)C(=O)N2c2ccc(OC(C)C)cc2)c1. The molecule has 1 aliphatic heterocycles. The van der Waals surface area contributed by atoms with E-state index in [9.17, 15) is 14.7 Å². The fraction of sp³-hybridized carbons (Fsp3) is 0.214. The number of carbonyl (C=O) groups is 2. The van der Waals surface area contributed by atoms with E-state index in [1.54, 1.807) is 73.8 Å². The molecule has 1 aliphatic rings. The third-order valence-electron chi connectivity index (χ3n) is 5.77. The molecule has 0 bridgehead atoms. The van der Waals surface area contributed by atoms with Crippen LogP contribution < -0.4 is 19.1 Å². The molecule has 1 saturated heterocycles. The minimum Gasteiger partial charge on any atom is -0.507 e. The number of amides is 1. The van der Waals surface area contributed by atoms with Gasteiger partial charge in [-0.1, -0.05) is 12.1 Å². The van der Waals surface area contributed by atoms with Crippen molar-refractivity contribution in [2.75, 3.05) is 19.1 Å². The lowest BCUT2D eigenvalue weighted by atomic mass is 9.95. The molecule has 1 unspecified atom stereocenters. The summed E-state index contributed by atoms with van der Waals surface area (Å²) in [5, 5.41) is 11.3. The van der Waals surface area contributed by atoms with Crippen molar-refractivity contribution in [3.8, 4) is 17.2 Å². The highest BCUT2D eigenvalue weighted by Gasteiger charge is 2.47. The van der Waals surface area contributed by atoms with Gasteiger partial charge in [0.05, 0.1) is 36.4 Å². The summed E-state index contributed by atoms with van der Waals surface area (Å²) < 4.78 is 17.0. The number of aliphatic hydroxyl groups is 1. The van der Waals surface area contributed by atoms with Crippen LogP contribution in [0.4, 0.5) is 5.69 Å². The van der Waals surface area contributed by atoms with Crippen molar-refractivity contribution in [3.63, 3.8) is 0 Å². The van der Waals surface area contributed by atoms with E-state index in [-0.39, 0.29) is 17.4 Å². The number of halogens is 1. The lowest BCUT2D eigenvalue weighted by Crippen LogP contribution is -2.29. The van der Waals surface area contributed by atoms with E-state index in [0.29, 0.717) is 38.5 Å². The molecule has 0 aliphatic carbocycles. The third-order valence-corrected chi connectivity index (χ3v) is 6.39. The fourth-order valence-corrected chi connectivity index (χ4v) is 4.69. The molecular formula is C28H26BrNO6. The number of Topliss-reactive ketones (excluding diaryl/α,β-unsaturated/α-hetero) is 1. The molecule has 0 aromatic heterocycles. The Morgan fingerprint density at radius 3 is 2.28 bits per heavy atom. The van der Waals surface area contributed by atoms with Gasteiger partial charge in [-0.25, -0.2) is 0 Å². The number of carbonyl (C=O) groups excluding carboxylic acids is 2. The molecule has 36 heavy (non-hydrogen) atoms. The number of hydrogen-bond donors (Lipinski definition) is 1. The molecule has 0 radical (unpaired) electrons. The first-order valence-electron chi connectivity index (χ1n) is 11.3. The normalized spacial score (nSPS) is 16.9. The zero-order chi connectivity index (χ0) is 26.0. The molecule has 8 heteroatoms. The number of rotatable bonds is 7. The van der Waals surface area contributed by atoms with Crippen LogP contribution in [0.1, 0.15) is 31.0 Å². The summed E-state index contributed by atoms with van der Waals surface area (Å²) in [5.41, 5.74) is 1.46. The van der Waals surface area contributed by atoms with Gasteiger partial charge in [0.25, 0.3) is 11.7 Å². The quantitative estimate of drug-likeness (QED) is 0.224. The van der Waals surface area contributed by atoms with E-state index in [1.807, 2.05) is 13.8 Å². The van der Waals surface area contributed by atoms with Gasteiger partial charge in [-0.3, -0.25) is 14.5 Å². The monoisotopic (exact) mass is 551 g/mol. The smallest absolute Gasteiger partial charge is 0.300 e. The van der Waals surface area contributed by atoms with Gasteiger partial charge in [0.15, 0.2) is 0 Å². The summed E-state index contributed by atoms with van der Waals surface area (Å²) in [6.07, 6.45) is -0.00863. The van der Waals surface area contributed by atoms with Crippen molar-refractivity contribution in [1.29, 1.82) is 0 Å². The van der Waals surface area contributed by atoms with E-state index >= 15 is 0 Å². The van der Waals surface area contributed by atoms with Crippen LogP contribution in [-0.4, -0.2) is 37.1 Å². The molecule has 1 atom stereocenters. The largest absolute Gasteiger partial charge is 0.507 e. The number of aliphatic hydroxyl groups excluding tert-OH is 1. The minimum atomic E-state index is -0.877. The topological polar surface area (TPSA) is 85.3 Å². The van der Waals surface area contributed by atoms with Gasteiger partial charge >= 0.3 is 0 Å². The molecule has 0 saturated carbocycles. The molecule has 1 fully saturated rings. The Morgan fingerprint density at radius 1 is 0.944 bits per heavy atom. The number of ketones is 1. The molecule has 0 spiro atoms. The maximum Gasteiger partial charge on any atom is 0.300 e. The van der Waals surface area contributed by atoms with Crippen molar-refractivity contribution in [3.05, 3.63) is 87.9 Å². The van der Waals surface area contributed by atoms with Crippen LogP contribution in [-0.2, 0) is 9.59 Å².